The number of aromatic nitrogens is 2. The van der Waals surface area contributed by atoms with Crippen LogP contribution in [0.2, 0.25) is 10.0 Å². The van der Waals surface area contributed by atoms with Crippen LogP contribution in [0.3, 0.4) is 0 Å². The lowest BCUT2D eigenvalue weighted by molar-refractivity contribution is 0.0600. The first-order valence-corrected chi connectivity index (χ1v) is 8.76. The Balaban J connectivity index is 1.78. The Kier molecular flexibility index (Phi) is 6.08. The number of hydrogen-bond acceptors (Lipinski definition) is 6. The molecule has 1 amide bonds. The fourth-order valence-electron chi connectivity index (χ4n) is 2.36. The first-order chi connectivity index (χ1) is 13.5. The van der Waals surface area contributed by atoms with Gasteiger partial charge in [0.15, 0.2) is 0 Å². The van der Waals surface area contributed by atoms with Gasteiger partial charge in [-0.25, -0.2) is 14.8 Å². The fourth-order valence-corrected chi connectivity index (χ4v) is 2.93. The van der Waals surface area contributed by atoms with Crippen molar-refractivity contribution in [3.63, 3.8) is 0 Å². The van der Waals surface area contributed by atoms with Gasteiger partial charge in [0.25, 0.3) is 5.91 Å². The van der Waals surface area contributed by atoms with Crippen LogP contribution in [0.1, 0.15) is 20.7 Å². The van der Waals surface area contributed by atoms with E-state index in [0.717, 1.165) is 0 Å². The Morgan fingerprint density at radius 1 is 0.964 bits per heavy atom. The molecule has 0 atom stereocenters. The molecule has 2 aromatic heterocycles. The van der Waals surface area contributed by atoms with Gasteiger partial charge in [0.1, 0.15) is 11.6 Å². The molecule has 0 aliphatic heterocycles. The molecule has 0 aliphatic rings. The van der Waals surface area contributed by atoms with Crippen LogP contribution in [0.4, 0.5) is 17.3 Å². The molecule has 3 rings (SSSR count). The SMILES string of the molecule is COC(=O)c1ccnc(Nc2cc(NC(=O)c3c(Cl)cccc3Cl)ccn2)c1. The Bertz CT molecular complexity index is 1020. The van der Waals surface area contributed by atoms with Gasteiger partial charge < -0.3 is 15.4 Å². The number of rotatable bonds is 5. The maximum Gasteiger partial charge on any atom is 0.338 e. The van der Waals surface area contributed by atoms with Crippen molar-refractivity contribution in [2.24, 2.45) is 0 Å². The molecule has 1 aromatic carbocycles. The van der Waals surface area contributed by atoms with Crippen LogP contribution in [0, 0.1) is 0 Å². The minimum atomic E-state index is -0.476. The Morgan fingerprint density at radius 3 is 2.29 bits per heavy atom. The van der Waals surface area contributed by atoms with Gasteiger partial charge >= 0.3 is 5.97 Å². The molecule has 0 spiro atoms. The number of benzene rings is 1. The normalized spacial score (nSPS) is 10.2. The van der Waals surface area contributed by atoms with Crippen LogP contribution in [0.15, 0.2) is 54.9 Å². The monoisotopic (exact) mass is 416 g/mol. The summed E-state index contributed by atoms with van der Waals surface area (Å²) in [6.07, 6.45) is 2.98. The minimum Gasteiger partial charge on any atom is -0.465 e. The van der Waals surface area contributed by atoms with E-state index < -0.39 is 11.9 Å². The van der Waals surface area contributed by atoms with E-state index in [9.17, 15) is 9.59 Å². The average molecular weight is 417 g/mol. The molecule has 7 nitrogen and oxygen atoms in total. The van der Waals surface area contributed by atoms with Crippen molar-refractivity contribution in [3.8, 4) is 0 Å². The zero-order chi connectivity index (χ0) is 20.1. The van der Waals surface area contributed by atoms with E-state index in [2.05, 4.69) is 25.3 Å². The lowest BCUT2D eigenvalue weighted by atomic mass is 10.2. The van der Waals surface area contributed by atoms with Gasteiger partial charge in [-0.05, 0) is 30.3 Å². The lowest BCUT2D eigenvalue weighted by Gasteiger charge is -2.10. The molecule has 0 saturated heterocycles. The summed E-state index contributed by atoms with van der Waals surface area (Å²) in [7, 11) is 1.30. The lowest BCUT2D eigenvalue weighted by Crippen LogP contribution is -2.13. The van der Waals surface area contributed by atoms with Crippen molar-refractivity contribution in [2.45, 2.75) is 0 Å². The Hall–Kier alpha value is -3.16. The number of carbonyl (C=O) groups excluding carboxylic acids is 2. The van der Waals surface area contributed by atoms with Crippen molar-refractivity contribution < 1.29 is 14.3 Å². The largest absolute Gasteiger partial charge is 0.465 e. The fraction of sp³-hybridized carbons (Fsp3) is 0.0526. The first-order valence-electron chi connectivity index (χ1n) is 8.00. The van der Waals surface area contributed by atoms with E-state index >= 15 is 0 Å². The number of nitrogens with one attached hydrogen (secondary N) is 2. The van der Waals surface area contributed by atoms with E-state index in [0.29, 0.717) is 22.9 Å². The van der Waals surface area contributed by atoms with Crippen molar-refractivity contribution in [1.82, 2.24) is 9.97 Å². The predicted molar refractivity (Wildman–Crippen MR) is 108 cm³/mol. The predicted octanol–water partition coefficient (Wildman–Crippen LogP) is 4.57. The number of carbonyl (C=O) groups is 2. The highest BCUT2D eigenvalue weighted by molar-refractivity contribution is 6.40. The summed E-state index contributed by atoms with van der Waals surface area (Å²) in [5.74, 6) is -0.111. The second-order valence-electron chi connectivity index (χ2n) is 5.53. The maximum absolute atomic E-state index is 12.5. The topological polar surface area (TPSA) is 93.2 Å². The van der Waals surface area contributed by atoms with Crippen LogP contribution in [0.5, 0.6) is 0 Å². The highest BCUT2D eigenvalue weighted by Crippen LogP contribution is 2.26. The zero-order valence-corrected chi connectivity index (χ0v) is 16.1. The number of nitrogens with zero attached hydrogens (tertiary/aromatic N) is 2. The second kappa shape index (κ2) is 8.69. The van der Waals surface area contributed by atoms with Crippen LogP contribution >= 0.6 is 23.2 Å². The second-order valence-corrected chi connectivity index (χ2v) is 6.34. The van der Waals surface area contributed by atoms with Gasteiger partial charge in [-0.3, -0.25) is 4.79 Å². The van der Waals surface area contributed by atoms with E-state index in [1.165, 1.54) is 31.6 Å². The summed E-state index contributed by atoms with van der Waals surface area (Å²) in [5.41, 5.74) is 1.00. The molecule has 142 valence electrons. The van der Waals surface area contributed by atoms with Crippen molar-refractivity contribution >= 4 is 52.4 Å². The van der Waals surface area contributed by atoms with Crippen LogP contribution in [0.25, 0.3) is 0 Å². The molecule has 0 fully saturated rings. The van der Waals surface area contributed by atoms with E-state index in [-0.39, 0.29) is 15.6 Å². The quantitative estimate of drug-likeness (QED) is 0.591. The summed E-state index contributed by atoms with van der Waals surface area (Å²) < 4.78 is 4.69. The third-order valence-corrected chi connectivity index (χ3v) is 4.27. The minimum absolute atomic E-state index is 0.185. The summed E-state index contributed by atoms with van der Waals surface area (Å²) in [4.78, 5) is 32.4. The van der Waals surface area contributed by atoms with Crippen molar-refractivity contribution in [1.29, 1.82) is 0 Å². The van der Waals surface area contributed by atoms with Gasteiger partial charge in [-0.1, -0.05) is 29.3 Å². The number of anilines is 3. The molecule has 3 aromatic rings. The molecule has 2 N–H and O–H groups in total. The van der Waals surface area contributed by atoms with E-state index in [1.807, 2.05) is 0 Å². The highest BCUT2D eigenvalue weighted by atomic mass is 35.5. The molecule has 0 unspecified atom stereocenters. The summed E-state index contributed by atoms with van der Waals surface area (Å²) in [6.45, 7) is 0. The third-order valence-electron chi connectivity index (χ3n) is 3.64. The third kappa shape index (κ3) is 4.57. The number of amides is 1. The number of ether oxygens (including phenoxy) is 1. The van der Waals surface area contributed by atoms with Crippen LogP contribution < -0.4 is 10.6 Å². The average Bonchev–Trinajstić information content (AvgIpc) is 2.67. The smallest absolute Gasteiger partial charge is 0.338 e. The summed E-state index contributed by atoms with van der Waals surface area (Å²) in [6, 6.07) is 11.1. The molecule has 0 aliphatic carbocycles. The van der Waals surface area contributed by atoms with Gasteiger partial charge in [-0.2, -0.15) is 0 Å². The number of halogens is 2. The van der Waals surface area contributed by atoms with E-state index in [4.69, 9.17) is 23.2 Å². The molecule has 9 heteroatoms. The van der Waals surface area contributed by atoms with Gasteiger partial charge in [0, 0.05) is 24.1 Å². The van der Waals surface area contributed by atoms with Crippen LogP contribution in [-0.2, 0) is 4.74 Å². The van der Waals surface area contributed by atoms with Crippen LogP contribution in [-0.4, -0.2) is 29.0 Å². The molecule has 0 saturated carbocycles. The summed E-state index contributed by atoms with van der Waals surface area (Å²) in [5, 5.41) is 6.19. The number of methoxy groups -OCH3 is 1. The van der Waals surface area contributed by atoms with Crippen molar-refractivity contribution in [3.05, 3.63) is 76.0 Å². The molecule has 0 radical (unpaired) electrons. The zero-order valence-electron chi connectivity index (χ0n) is 14.6. The van der Waals surface area contributed by atoms with Gasteiger partial charge in [0.05, 0.1) is 28.3 Å². The summed E-state index contributed by atoms with van der Waals surface area (Å²) >= 11 is 12.1. The van der Waals surface area contributed by atoms with E-state index in [1.54, 1.807) is 30.3 Å². The van der Waals surface area contributed by atoms with Gasteiger partial charge in [-0.15, -0.1) is 0 Å². The highest BCUT2D eigenvalue weighted by Gasteiger charge is 2.15. The first kappa shape index (κ1) is 19.6. The number of pyridine rings is 2. The molecular weight excluding hydrogens is 403 g/mol. The standard InChI is InChI=1S/C19H14Cl2N4O3/c1-28-19(27)11-5-7-22-15(9-11)25-16-10-12(6-8-23-16)24-18(26)17-13(20)3-2-4-14(17)21/h2-10H,1H3,(H2,22,23,24,25,26). The Labute approximate surface area is 170 Å². The molecule has 0 bridgehead atoms. The molecule has 28 heavy (non-hydrogen) atoms. The molecule has 2 heterocycles. The van der Waals surface area contributed by atoms with Gasteiger partial charge in [0.2, 0.25) is 0 Å². The Morgan fingerprint density at radius 2 is 1.61 bits per heavy atom. The van der Waals surface area contributed by atoms with Crippen molar-refractivity contribution in [2.75, 3.05) is 17.7 Å². The number of hydrogen-bond donors (Lipinski definition) is 2. The number of esters is 1. The maximum atomic E-state index is 12.5. The molecular formula is C19H14Cl2N4O3.